The Labute approximate surface area is 86.1 Å². The Morgan fingerprint density at radius 3 is 2.47 bits per heavy atom. The first-order chi connectivity index (χ1) is 6.91. The van der Waals surface area contributed by atoms with Gasteiger partial charge in [-0.05, 0) is 18.2 Å². The Hall–Kier alpha value is -1.69. The molecule has 1 heterocycles. The average molecular weight is 225 g/mol. The molecule has 15 heavy (non-hydrogen) atoms. The van der Waals surface area contributed by atoms with E-state index >= 15 is 0 Å². The van der Waals surface area contributed by atoms with Crippen LogP contribution >= 0.6 is 0 Å². The molecular formula is C9H7NO4S. The largest absolute Gasteiger partial charge is 0.286 e. The summed E-state index contributed by atoms with van der Waals surface area (Å²) in [5, 5.41) is 0. The molecule has 0 radical (unpaired) electrons. The van der Waals surface area contributed by atoms with Gasteiger partial charge in [0.05, 0.1) is 17.5 Å². The lowest BCUT2D eigenvalue weighted by Crippen LogP contribution is -2.18. The molecule has 0 amide bonds. The first-order valence-electron chi connectivity index (χ1n) is 4.10. The summed E-state index contributed by atoms with van der Waals surface area (Å²) in [5.41, 5.74) is 0.370. The second-order valence-corrected chi connectivity index (χ2v) is 5.06. The van der Waals surface area contributed by atoms with Gasteiger partial charge >= 0.3 is 0 Å². The van der Waals surface area contributed by atoms with Crippen molar-refractivity contribution < 1.29 is 18.0 Å². The predicted molar refractivity (Wildman–Crippen MR) is 53.0 cm³/mol. The number of allylic oxidation sites excluding steroid dienone is 1. The summed E-state index contributed by atoms with van der Waals surface area (Å²) in [6.07, 6.45) is 4.70. The number of hydrogen-bond acceptors (Lipinski definition) is 4. The first-order valence-corrected chi connectivity index (χ1v) is 5.95. The summed E-state index contributed by atoms with van der Waals surface area (Å²) in [6, 6.07) is 1.33. The molecule has 1 aliphatic carbocycles. The van der Waals surface area contributed by atoms with Crippen molar-refractivity contribution in [1.29, 1.82) is 0 Å². The maximum Gasteiger partial charge on any atom is 0.236 e. The fraction of sp³-hybridized carbons (Fsp3) is 0.111. The summed E-state index contributed by atoms with van der Waals surface area (Å²) in [4.78, 5) is 22.4. The van der Waals surface area contributed by atoms with E-state index in [1.165, 1.54) is 18.3 Å². The molecule has 1 aromatic heterocycles. The van der Waals surface area contributed by atoms with Gasteiger partial charge < -0.3 is 0 Å². The van der Waals surface area contributed by atoms with E-state index < -0.39 is 21.6 Å². The molecule has 78 valence electrons. The van der Waals surface area contributed by atoms with Gasteiger partial charge in [0.1, 0.15) is 0 Å². The summed E-state index contributed by atoms with van der Waals surface area (Å²) in [7, 11) is -3.44. The molecule has 5 nitrogen and oxygen atoms in total. The molecule has 0 N–H and O–H groups in total. The van der Waals surface area contributed by atoms with Crippen molar-refractivity contribution in [2.45, 2.75) is 0 Å². The zero-order valence-electron chi connectivity index (χ0n) is 7.80. The molecule has 0 saturated carbocycles. The molecule has 1 aliphatic rings. The highest BCUT2D eigenvalue weighted by atomic mass is 32.2. The van der Waals surface area contributed by atoms with Crippen LogP contribution in [-0.2, 0) is 14.8 Å². The van der Waals surface area contributed by atoms with Crippen molar-refractivity contribution in [2.24, 2.45) is 0 Å². The van der Waals surface area contributed by atoms with Gasteiger partial charge in [0.25, 0.3) is 0 Å². The molecule has 1 aromatic rings. The van der Waals surface area contributed by atoms with Crippen LogP contribution in [0.3, 0.4) is 0 Å². The van der Waals surface area contributed by atoms with Crippen molar-refractivity contribution in [3.05, 3.63) is 29.6 Å². The number of fused-ring (bicyclic) bond motifs is 1. The monoisotopic (exact) mass is 225 g/mol. The topological polar surface area (TPSA) is 73.2 Å². The summed E-state index contributed by atoms with van der Waals surface area (Å²) >= 11 is 0. The second-order valence-electron chi connectivity index (χ2n) is 3.20. The minimum Gasteiger partial charge on any atom is -0.286 e. The molecule has 0 aliphatic heterocycles. The molecule has 0 unspecified atom stereocenters. The zero-order valence-corrected chi connectivity index (χ0v) is 8.61. The zero-order chi connectivity index (χ0) is 11.2. The number of ketones is 2. The minimum absolute atomic E-state index is 0.132. The van der Waals surface area contributed by atoms with Gasteiger partial charge in [-0.2, -0.15) is 0 Å². The lowest BCUT2D eigenvalue weighted by molar-refractivity contribution is -0.110. The third kappa shape index (κ3) is 1.42. The molecule has 0 fully saturated rings. The van der Waals surface area contributed by atoms with E-state index in [-0.39, 0.29) is 11.3 Å². The Balaban J connectivity index is 2.73. The van der Waals surface area contributed by atoms with Gasteiger partial charge in [-0.25, -0.2) is 12.4 Å². The van der Waals surface area contributed by atoms with E-state index in [4.69, 9.17) is 0 Å². The molecule has 2 rings (SSSR count). The molecule has 0 aromatic carbocycles. The van der Waals surface area contributed by atoms with Gasteiger partial charge in [-0.3, -0.25) is 9.59 Å². The maximum atomic E-state index is 11.3. The lowest BCUT2D eigenvalue weighted by Gasteiger charge is -2.07. The van der Waals surface area contributed by atoms with E-state index in [0.717, 1.165) is 16.3 Å². The molecule has 6 heteroatoms. The summed E-state index contributed by atoms with van der Waals surface area (Å²) in [5.74, 6) is -1.30. The van der Waals surface area contributed by atoms with Crippen LogP contribution in [0.25, 0.3) is 6.08 Å². The SMILES string of the molecule is CS(=O)(=O)n1ccc2c1C=CC(=O)C2=O. The second kappa shape index (κ2) is 2.90. The number of carbonyl (C=O) groups excluding carboxylic acids is 2. The molecule has 0 spiro atoms. The van der Waals surface area contributed by atoms with Crippen LogP contribution in [0.5, 0.6) is 0 Å². The van der Waals surface area contributed by atoms with E-state index in [0.29, 0.717) is 0 Å². The average Bonchev–Trinajstić information content (AvgIpc) is 2.54. The fourth-order valence-corrected chi connectivity index (χ4v) is 2.23. The quantitative estimate of drug-likeness (QED) is 0.634. The highest BCUT2D eigenvalue weighted by molar-refractivity contribution is 7.89. The van der Waals surface area contributed by atoms with Crippen molar-refractivity contribution in [3.8, 4) is 0 Å². The Morgan fingerprint density at radius 2 is 1.87 bits per heavy atom. The lowest BCUT2D eigenvalue weighted by atomic mass is 10.0. The molecule has 0 bridgehead atoms. The van der Waals surface area contributed by atoms with E-state index in [1.54, 1.807) is 0 Å². The van der Waals surface area contributed by atoms with Crippen LogP contribution < -0.4 is 0 Å². The smallest absolute Gasteiger partial charge is 0.236 e. The first kappa shape index (κ1) is 9.85. The molecule has 0 saturated heterocycles. The van der Waals surface area contributed by atoms with Crippen LogP contribution in [0.4, 0.5) is 0 Å². The number of aromatic nitrogens is 1. The van der Waals surface area contributed by atoms with Crippen LogP contribution in [0, 0.1) is 0 Å². The van der Waals surface area contributed by atoms with Crippen molar-refractivity contribution >= 4 is 27.7 Å². The molecule has 0 atom stereocenters. The Morgan fingerprint density at radius 1 is 1.20 bits per heavy atom. The van der Waals surface area contributed by atoms with Crippen molar-refractivity contribution in [1.82, 2.24) is 3.97 Å². The number of carbonyl (C=O) groups is 2. The number of rotatable bonds is 1. The highest BCUT2D eigenvalue weighted by Gasteiger charge is 2.25. The van der Waals surface area contributed by atoms with Gasteiger partial charge in [0.2, 0.25) is 21.6 Å². The van der Waals surface area contributed by atoms with Crippen molar-refractivity contribution in [3.63, 3.8) is 0 Å². The number of nitrogens with zero attached hydrogens (tertiary/aromatic N) is 1. The predicted octanol–water partition coefficient (Wildman–Crippen LogP) is 0.0744. The van der Waals surface area contributed by atoms with Crippen LogP contribution in [0.2, 0.25) is 0 Å². The highest BCUT2D eigenvalue weighted by Crippen LogP contribution is 2.20. The molecular weight excluding hydrogens is 218 g/mol. The fourth-order valence-electron chi connectivity index (χ4n) is 1.43. The number of Topliss-reactive ketones (excluding diaryl/α,β-unsaturated/α-hetero) is 1. The van der Waals surface area contributed by atoms with E-state index in [2.05, 4.69) is 0 Å². The third-order valence-corrected chi connectivity index (χ3v) is 3.14. The van der Waals surface area contributed by atoms with Gasteiger partial charge in [0, 0.05) is 6.20 Å². The summed E-state index contributed by atoms with van der Waals surface area (Å²) < 4.78 is 23.5. The third-order valence-electron chi connectivity index (χ3n) is 2.11. The minimum atomic E-state index is -3.44. The Kier molecular flexibility index (Phi) is 1.90. The van der Waals surface area contributed by atoms with E-state index in [9.17, 15) is 18.0 Å². The number of hydrogen-bond donors (Lipinski definition) is 0. The van der Waals surface area contributed by atoms with Crippen molar-refractivity contribution in [2.75, 3.05) is 6.26 Å². The van der Waals surface area contributed by atoms with E-state index in [1.807, 2.05) is 0 Å². The summed E-state index contributed by atoms with van der Waals surface area (Å²) in [6.45, 7) is 0. The van der Waals surface area contributed by atoms with Crippen LogP contribution in [0.15, 0.2) is 18.3 Å². The maximum absolute atomic E-state index is 11.3. The van der Waals surface area contributed by atoms with Gasteiger partial charge in [0.15, 0.2) is 0 Å². The Bertz CT molecular complexity index is 592. The standard InChI is InChI=1S/C9H7NO4S/c1-15(13,14)10-5-4-6-7(10)2-3-8(11)9(6)12/h2-5H,1H3. The van der Waals surface area contributed by atoms with Crippen LogP contribution in [0.1, 0.15) is 16.1 Å². The van der Waals surface area contributed by atoms with Gasteiger partial charge in [-0.1, -0.05) is 0 Å². The normalized spacial score (nSPS) is 15.5. The van der Waals surface area contributed by atoms with Crippen LogP contribution in [-0.4, -0.2) is 30.2 Å². The van der Waals surface area contributed by atoms with Gasteiger partial charge in [-0.15, -0.1) is 0 Å².